The molecule has 13 heteroatoms. The van der Waals surface area contributed by atoms with Crippen LogP contribution in [0.1, 0.15) is 18.2 Å². The van der Waals surface area contributed by atoms with Gasteiger partial charge in [0.1, 0.15) is 16.4 Å². The van der Waals surface area contributed by atoms with Gasteiger partial charge in [-0.1, -0.05) is 18.3 Å². The summed E-state index contributed by atoms with van der Waals surface area (Å²) in [6.07, 6.45) is -7.67. The summed E-state index contributed by atoms with van der Waals surface area (Å²) in [4.78, 5) is 6.96. The largest absolute Gasteiger partial charge is 0.433 e. The second-order valence-corrected chi connectivity index (χ2v) is 8.23. The van der Waals surface area contributed by atoms with E-state index in [1.54, 1.807) is 6.92 Å². The number of rotatable bonds is 4. The Bertz CT molecular complexity index is 1050. The van der Waals surface area contributed by atoms with Gasteiger partial charge in [-0.25, -0.2) is 0 Å². The average Bonchev–Trinajstić information content (AvgIpc) is 3.15. The van der Waals surface area contributed by atoms with Gasteiger partial charge >= 0.3 is 12.4 Å². The van der Waals surface area contributed by atoms with Crippen molar-refractivity contribution < 1.29 is 30.6 Å². The van der Waals surface area contributed by atoms with Gasteiger partial charge in [-0.2, -0.15) is 26.3 Å². The molecule has 0 bridgehead atoms. The minimum absolute atomic E-state index is 0.0261. The van der Waals surface area contributed by atoms with Crippen LogP contribution in [0.5, 0.6) is 0 Å². The highest BCUT2D eigenvalue weighted by molar-refractivity contribution is 7.85. The maximum atomic E-state index is 13.0. The molecule has 1 unspecified atom stereocenters. The van der Waals surface area contributed by atoms with Crippen LogP contribution in [0.3, 0.4) is 0 Å². The van der Waals surface area contributed by atoms with Crippen LogP contribution in [0.4, 0.5) is 26.3 Å². The van der Waals surface area contributed by atoms with Crippen molar-refractivity contribution in [1.82, 2.24) is 20.2 Å². The molecule has 3 aromatic heterocycles. The highest BCUT2D eigenvalue weighted by Gasteiger charge is 2.33. The Morgan fingerprint density at radius 3 is 2.21 bits per heavy atom. The van der Waals surface area contributed by atoms with Crippen LogP contribution in [0.25, 0.3) is 21.3 Å². The Labute approximate surface area is 166 Å². The SMILES string of the molecule is CCS(=O)c1cc(C(F)(F)F)cnc1-c1nnc(-c2ccc(C(F)(F)F)nc2)s1. The highest BCUT2D eigenvalue weighted by Crippen LogP contribution is 2.36. The molecule has 3 heterocycles. The first-order valence-electron chi connectivity index (χ1n) is 7.83. The fourth-order valence-corrected chi connectivity index (χ4v) is 4.06. The summed E-state index contributed by atoms with van der Waals surface area (Å²) in [6, 6.07) is 2.69. The predicted molar refractivity (Wildman–Crippen MR) is 93.3 cm³/mol. The summed E-state index contributed by atoms with van der Waals surface area (Å²) in [6.45, 7) is 1.54. The molecule has 0 fully saturated rings. The van der Waals surface area contributed by atoms with E-state index in [1.165, 1.54) is 0 Å². The molecule has 0 aliphatic carbocycles. The lowest BCUT2D eigenvalue weighted by Crippen LogP contribution is -2.09. The monoisotopic (exact) mass is 452 g/mol. The number of halogens is 6. The van der Waals surface area contributed by atoms with Crippen molar-refractivity contribution in [2.75, 3.05) is 5.75 Å². The topological polar surface area (TPSA) is 68.6 Å². The van der Waals surface area contributed by atoms with E-state index < -0.39 is 34.4 Å². The van der Waals surface area contributed by atoms with Crippen molar-refractivity contribution >= 4 is 22.1 Å². The fraction of sp³-hybridized carbons (Fsp3) is 0.250. The fourth-order valence-electron chi connectivity index (χ4n) is 2.21. The first-order valence-corrected chi connectivity index (χ1v) is 9.97. The van der Waals surface area contributed by atoms with Crippen LogP contribution < -0.4 is 0 Å². The Morgan fingerprint density at radius 1 is 0.966 bits per heavy atom. The molecular weight excluding hydrogens is 442 g/mol. The molecule has 3 aromatic rings. The maximum Gasteiger partial charge on any atom is 0.433 e. The zero-order valence-corrected chi connectivity index (χ0v) is 16.0. The number of hydrogen-bond acceptors (Lipinski definition) is 6. The van der Waals surface area contributed by atoms with Gasteiger partial charge in [-0.05, 0) is 18.2 Å². The molecule has 0 saturated heterocycles. The lowest BCUT2D eigenvalue weighted by molar-refractivity contribution is -0.141. The zero-order chi connectivity index (χ0) is 21.4. The van der Waals surface area contributed by atoms with Gasteiger partial charge in [0.05, 0.1) is 21.3 Å². The van der Waals surface area contributed by atoms with Gasteiger partial charge in [0, 0.05) is 23.7 Å². The predicted octanol–water partition coefficient (Wildman–Crippen LogP) is 4.83. The number of pyridine rings is 2. The lowest BCUT2D eigenvalue weighted by atomic mass is 10.2. The van der Waals surface area contributed by atoms with E-state index >= 15 is 0 Å². The normalized spacial score (nSPS) is 13.5. The molecule has 154 valence electrons. The quantitative estimate of drug-likeness (QED) is 0.531. The Balaban J connectivity index is 2.01. The van der Waals surface area contributed by atoms with Crippen LogP contribution >= 0.6 is 11.3 Å². The molecule has 0 saturated carbocycles. The third-order valence-electron chi connectivity index (χ3n) is 3.62. The third kappa shape index (κ3) is 4.61. The molecule has 0 radical (unpaired) electrons. The highest BCUT2D eigenvalue weighted by atomic mass is 32.2. The van der Waals surface area contributed by atoms with Gasteiger partial charge < -0.3 is 0 Å². The molecule has 0 aliphatic heterocycles. The first kappa shape index (κ1) is 21.3. The van der Waals surface area contributed by atoms with E-state index in [0.717, 1.165) is 35.7 Å². The molecule has 5 nitrogen and oxygen atoms in total. The van der Waals surface area contributed by atoms with E-state index in [1.807, 2.05) is 0 Å². The van der Waals surface area contributed by atoms with Crippen LogP contribution in [-0.2, 0) is 23.2 Å². The van der Waals surface area contributed by atoms with Crippen molar-refractivity contribution in [1.29, 1.82) is 0 Å². The molecule has 0 amide bonds. The number of aromatic nitrogens is 4. The van der Waals surface area contributed by atoms with E-state index in [4.69, 9.17) is 0 Å². The minimum Gasteiger partial charge on any atom is -0.254 e. The van der Waals surface area contributed by atoms with Crippen LogP contribution in [0.2, 0.25) is 0 Å². The van der Waals surface area contributed by atoms with Crippen molar-refractivity contribution in [2.24, 2.45) is 0 Å². The van der Waals surface area contributed by atoms with Gasteiger partial charge in [0.25, 0.3) is 0 Å². The van der Waals surface area contributed by atoms with E-state index in [-0.39, 0.29) is 31.9 Å². The molecule has 0 N–H and O–H groups in total. The number of nitrogens with zero attached hydrogens (tertiary/aromatic N) is 4. The second kappa shape index (κ2) is 7.78. The maximum absolute atomic E-state index is 13.0. The summed E-state index contributed by atoms with van der Waals surface area (Å²) in [5.74, 6) is 0.0600. The molecule has 1 atom stereocenters. The molecule has 3 rings (SSSR count). The Morgan fingerprint density at radius 2 is 1.66 bits per heavy atom. The number of alkyl halides is 6. The van der Waals surface area contributed by atoms with Crippen molar-refractivity contribution in [3.63, 3.8) is 0 Å². The van der Waals surface area contributed by atoms with Crippen LogP contribution in [0, 0.1) is 0 Å². The molecule has 0 aromatic carbocycles. The summed E-state index contributed by atoms with van der Waals surface area (Å²) >= 11 is 0.886. The van der Waals surface area contributed by atoms with Gasteiger partial charge in [-0.3, -0.25) is 14.2 Å². The van der Waals surface area contributed by atoms with Gasteiger partial charge in [0.15, 0.2) is 5.01 Å². The van der Waals surface area contributed by atoms with Crippen LogP contribution in [-0.4, -0.2) is 30.1 Å². The van der Waals surface area contributed by atoms with Crippen molar-refractivity contribution in [2.45, 2.75) is 24.2 Å². The van der Waals surface area contributed by atoms with Gasteiger partial charge in [0.2, 0.25) is 0 Å². The smallest absolute Gasteiger partial charge is 0.254 e. The summed E-state index contributed by atoms with van der Waals surface area (Å²) < 4.78 is 89.0. The summed E-state index contributed by atoms with van der Waals surface area (Å²) in [5.41, 5.74) is -1.90. The van der Waals surface area contributed by atoms with E-state index in [0.29, 0.717) is 6.20 Å². The Kier molecular flexibility index (Phi) is 5.72. The van der Waals surface area contributed by atoms with Crippen LogP contribution in [0.15, 0.2) is 35.5 Å². The minimum atomic E-state index is -4.66. The third-order valence-corrected chi connectivity index (χ3v) is 5.92. The molecule has 0 spiro atoms. The molecular formula is C16H10F6N4OS2. The van der Waals surface area contributed by atoms with E-state index in [9.17, 15) is 30.6 Å². The molecule has 0 aliphatic rings. The molecule has 29 heavy (non-hydrogen) atoms. The first-order chi connectivity index (χ1) is 13.5. The standard InChI is InChI=1S/C16H10F6N4OS2/c1-2-29(27)10-5-9(15(17,18)19)7-24-12(10)14-26-25-13(28-14)8-3-4-11(23-6-8)16(20,21)22/h3-7H,2H2,1H3. The van der Waals surface area contributed by atoms with E-state index in [2.05, 4.69) is 20.2 Å². The zero-order valence-electron chi connectivity index (χ0n) is 14.4. The number of hydrogen-bond donors (Lipinski definition) is 0. The Hall–Kier alpha value is -2.41. The second-order valence-electron chi connectivity index (χ2n) is 5.54. The lowest BCUT2D eigenvalue weighted by Gasteiger charge is -2.10. The summed E-state index contributed by atoms with van der Waals surface area (Å²) in [7, 11) is -1.76. The summed E-state index contributed by atoms with van der Waals surface area (Å²) in [5, 5.41) is 7.96. The van der Waals surface area contributed by atoms with Crippen molar-refractivity contribution in [3.05, 3.63) is 41.9 Å². The van der Waals surface area contributed by atoms with Crippen molar-refractivity contribution in [3.8, 4) is 21.3 Å². The van der Waals surface area contributed by atoms with Gasteiger partial charge in [-0.15, -0.1) is 10.2 Å². The average molecular weight is 452 g/mol.